The smallest absolute Gasteiger partial charge is 0.360 e. The molecular weight excluding hydrogens is 332 g/mol. The Hall–Kier alpha value is -3.67. The molecule has 2 aromatic carbocycles. The summed E-state index contributed by atoms with van der Waals surface area (Å²) < 4.78 is 1.22. The summed E-state index contributed by atoms with van der Waals surface area (Å²) in [6, 6.07) is 13.4. The largest absolute Gasteiger partial charge is 0.503 e. The third kappa shape index (κ3) is 2.57. The molecule has 6 nitrogen and oxygen atoms in total. The molecule has 2 N–H and O–H groups in total. The van der Waals surface area contributed by atoms with Crippen molar-refractivity contribution in [1.29, 1.82) is 0 Å². The van der Waals surface area contributed by atoms with Gasteiger partial charge in [-0.2, -0.15) is 5.10 Å². The van der Waals surface area contributed by atoms with Crippen molar-refractivity contribution in [3.05, 3.63) is 81.8 Å². The van der Waals surface area contributed by atoms with Gasteiger partial charge in [-0.15, -0.1) is 0 Å². The molecule has 1 aromatic heterocycles. The number of hydrogen-bond acceptors (Lipinski definition) is 4. The molecule has 1 aliphatic carbocycles. The highest BCUT2D eigenvalue weighted by molar-refractivity contribution is 5.85. The molecule has 0 bridgehead atoms. The number of rotatable bonds is 3. The maximum absolute atomic E-state index is 11.8. The van der Waals surface area contributed by atoms with Crippen molar-refractivity contribution in [2.45, 2.75) is 6.42 Å². The van der Waals surface area contributed by atoms with E-state index in [2.05, 4.69) is 29.4 Å². The fourth-order valence-corrected chi connectivity index (χ4v) is 3.07. The summed E-state index contributed by atoms with van der Waals surface area (Å²) in [4.78, 5) is 23.0. The second-order valence-corrected chi connectivity index (χ2v) is 5.98. The van der Waals surface area contributed by atoms with Gasteiger partial charge in [0.2, 0.25) is 5.69 Å². The number of allylic oxidation sites excluding steroid dienone is 1. The fourth-order valence-electron chi connectivity index (χ4n) is 3.07. The van der Waals surface area contributed by atoms with E-state index in [1.165, 1.54) is 10.2 Å². The number of aromatic carboxylic acids is 1. The van der Waals surface area contributed by atoms with Gasteiger partial charge in [0.15, 0.2) is 5.75 Å². The van der Waals surface area contributed by atoms with Crippen molar-refractivity contribution in [3.63, 3.8) is 0 Å². The van der Waals surface area contributed by atoms with Crippen LogP contribution in [0.5, 0.6) is 5.75 Å². The monoisotopic (exact) mass is 346 g/mol. The van der Waals surface area contributed by atoms with E-state index < -0.39 is 22.8 Å². The molecule has 1 heterocycles. The second-order valence-electron chi connectivity index (χ2n) is 5.98. The summed E-state index contributed by atoms with van der Waals surface area (Å²) in [6.45, 7) is 0. The first-order chi connectivity index (χ1) is 12.5. The number of nitrogens with zero attached hydrogens (tertiary/aromatic N) is 2. The normalized spacial score (nSPS) is 12.2. The Labute approximate surface area is 148 Å². The van der Waals surface area contributed by atoms with E-state index in [0.29, 0.717) is 5.69 Å². The number of fused-ring (bicyclic) bond motifs is 1. The topological polar surface area (TPSA) is 92.4 Å². The molecular formula is C20H14N2O4. The molecule has 0 fully saturated rings. The van der Waals surface area contributed by atoms with E-state index in [1.807, 2.05) is 18.2 Å². The molecule has 0 aliphatic heterocycles. The molecule has 0 saturated heterocycles. The fraction of sp³-hybridized carbons (Fsp3) is 0.0500. The average molecular weight is 346 g/mol. The molecule has 0 amide bonds. The zero-order valence-electron chi connectivity index (χ0n) is 13.6. The van der Waals surface area contributed by atoms with Crippen LogP contribution in [0.15, 0.2) is 59.5 Å². The van der Waals surface area contributed by atoms with Crippen LogP contribution >= 0.6 is 0 Å². The van der Waals surface area contributed by atoms with E-state index in [0.717, 1.165) is 29.3 Å². The van der Waals surface area contributed by atoms with Gasteiger partial charge in [-0.25, -0.2) is 9.48 Å². The number of carboxylic acids is 1. The molecule has 0 radical (unpaired) electrons. The Kier molecular flexibility index (Phi) is 3.65. The van der Waals surface area contributed by atoms with Crippen LogP contribution in [0.2, 0.25) is 0 Å². The highest BCUT2D eigenvalue weighted by atomic mass is 16.4. The van der Waals surface area contributed by atoms with Gasteiger partial charge in [0.25, 0.3) is 5.43 Å². The number of para-hydroxylation sites is 1. The lowest BCUT2D eigenvalue weighted by Gasteiger charge is -2.13. The van der Waals surface area contributed by atoms with E-state index in [1.54, 1.807) is 12.1 Å². The summed E-state index contributed by atoms with van der Waals surface area (Å²) >= 11 is 0. The Morgan fingerprint density at radius 2 is 1.96 bits per heavy atom. The average Bonchev–Trinajstić information content (AvgIpc) is 3.11. The Bertz CT molecular complexity index is 1130. The molecule has 0 spiro atoms. The van der Waals surface area contributed by atoms with Crippen LogP contribution in [-0.4, -0.2) is 26.0 Å². The molecule has 6 heteroatoms. The highest BCUT2D eigenvalue weighted by Crippen LogP contribution is 2.30. The van der Waals surface area contributed by atoms with E-state index in [4.69, 9.17) is 5.11 Å². The minimum Gasteiger partial charge on any atom is -0.503 e. The van der Waals surface area contributed by atoms with Crippen molar-refractivity contribution in [1.82, 2.24) is 9.78 Å². The van der Waals surface area contributed by atoms with E-state index in [-0.39, 0.29) is 0 Å². The van der Waals surface area contributed by atoms with Crippen molar-refractivity contribution in [3.8, 4) is 22.6 Å². The van der Waals surface area contributed by atoms with Gasteiger partial charge in [0.05, 0.1) is 11.9 Å². The first kappa shape index (κ1) is 15.8. The Balaban J connectivity index is 1.91. The molecule has 0 atom stereocenters. The van der Waals surface area contributed by atoms with Crippen LogP contribution in [0.1, 0.15) is 21.6 Å². The van der Waals surface area contributed by atoms with Crippen LogP contribution < -0.4 is 5.43 Å². The minimum atomic E-state index is -1.49. The predicted octanol–water partition coefficient (Wildman–Crippen LogP) is 2.87. The van der Waals surface area contributed by atoms with Crippen molar-refractivity contribution < 1.29 is 15.0 Å². The maximum Gasteiger partial charge on any atom is 0.360 e. The van der Waals surface area contributed by atoms with E-state index >= 15 is 0 Å². The second kappa shape index (κ2) is 6.00. The standard InChI is InChI=1S/C20H14N2O4/c23-17-11-22(21-18(19(17)24)20(25)26)16-7-2-1-6-15(16)14-9-8-12-4-3-5-13(12)10-14/h1-3,5-11,23H,4H2,(H,25,26). The number of hydrogen-bond donors (Lipinski definition) is 2. The zero-order valence-corrected chi connectivity index (χ0v) is 13.6. The molecule has 4 rings (SSSR count). The van der Waals surface area contributed by atoms with Gasteiger partial charge >= 0.3 is 5.97 Å². The molecule has 0 saturated carbocycles. The SMILES string of the molecule is O=C(O)c1nn(-c2ccccc2-c2ccc3c(c2)C=CC3)cc(O)c1=O. The predicted molar refractivity (Wildman–Crippen MR) is 96.6 cm³/mol. The zero-order chi connectivity index (χ0) is 18.3. The number of aromatic nitrogens is 2. The van der Waals surface area contributed by atoms with Gasteiger partial charge in [0, 0.05) is 5.56 Å². The van der Waals surface area contributed by atoms with Crippen LogP contribution in [0.4, 0.5) is 0 Å². The maximum atomic E-state index is 11.8. The third-order valence-electron chi connectivity index (χ3n) is 4.35. The van der Waals surface area contributed by atoms with E-state index in [9.17, 15) is 14.7 Å². The number of benzene rings is 2. The van der Waals surface area contributed by atoms with Crippen LogP contribution in [0.25, 0.3) is 22.9 Å². The molecule has 128 valence electrons. The third-order valence-corrected chi connectivity index (χ3v) is 4.35. The molecule has 3 aromatic rings. The van der Waals surface area contributed by atoms with Crippen molar-refractivity contribution >= 4 is 12.0 Å². The molecule has 0 unspecified atom stereocenters. The molecule has 26 heavy (non-hydrogen) atoms. The quantitative estimate of drug-likeness (QED) is 0.761. The summed E-state index contributed by atoms with van der Waals surface area (Å²) in [5, 5.41) is 22.9. The van der Waals surface area contributed by atoms with Gasteiger partial charge in [-0.05, 0) is 35.2 Å². The van der Waals surface area contributed by atoms with Gasteiger partial charge < -0.3 is 10.2 Å². The van der Waals surface area contributed by atoms with Crippen LogP contribution in [0, 0.1) is 0 Å². The van der Waals surface area contributed by atoms with Crippen molar-refractivity contribution in [2.75, 3.05) is 0 Å². The van der Waals surface area contributed by atoms with Crippen LogP contribution in [0.3, 0.4) is 0 Å². The lowest BCUT2D eigenvalue weighted by Crippen LogP contribution is -2.21. The summed E-state index contributed by atoms with van der Waals surface area (Å²) in [5.74, 6) is -2.15. The summed E-state index contributed by atoms with van der Waals surface area (Å²) in [6.07, 6.45) is 6.20. The number of aromatic hydroxyl groups is 1. The Morgan fingerprint density at radius 3 is 2.77 bits per heavy atom. The first-order valence-electron chi connectivity index (χ1n) is 8.00. The minimum absolute atomic E-state index is 0.562. The number of carboxylic acid groups (broad SMARTS) is 1. The molecule has 1 aliphatic rings. The summed E-state index contributed by atoms with van der Waals surface area (Å²) in [7, 11) is 0. The van der Waals surface area contributed by atoms with Gasteiger partial charge in [0.1, 0.15) is 0 Å². The highest BCUT2D eigenvalue weighted by Gasteiger charge is 2.18. The van der Waals surface area contributed by atoms with Crippen molar-refractivity contribution in [2.24, 2.45) is 0 Å². The lowest BCUT2D eigenvalue weighted by atomic mass is 9.99. The van der Waals surface area contributed by atoms with Gasteiger partial charge in [-0.1, -0.05) is 42.5 Å². The summed E-state index contributed by atoms with van der Waals surface area (Å²) in [5.41, 5.74) is 2.96. The van der Waals surface area contributed by atoms with Gasteiger partial charge in [-0.3, -0.25) is 4.79 Å². The lowest BCUT2D eigenvalue weighted by molar-refractivity contribution is 0.0686. The first-order valence-corrected chi connectivity index (χ1v) is 8.00. The Morgan fingerprint density at radius 1 is 1.15 bits per heavy atom. The number of carbonyl (C=O) groups is 1. The van der Waals surface area contributed by atoms with Crippen LogP contribution in [-0.2, 0) is 6.42 Å².